The van der Waals surface area contributed by atoms with Gasteiger partial charge in [-0.15, -0.1) is 0 Å². The summed E-state index contributed by atoms with van der Waals surface area (Å²) in [5, 5.41) is 9.35. The first-order valence-corrected chi connectivity index (χ1v) is 6.29. The Labute approximate surface area is 111 Å². The van der Waals surface area contributed by atoms with E-state index >= 15 is 0 Å². The fourth-order valence-corrected chi connectivity index (χ4v) is 2.79. The minimum Gasteiger partial charge on any atom is -0.393 e. The highest BCUT2D eigenvalue weighted by Crippen LogP contribution is 2.48. The second-order valence-corrected chi connectivity index (χ2v) is 5.64. The summed E-state index contributed by atoms with van der Waals surface area (Å²) in [6.45, 7) is 1.48. The van der Waals surface area contributed by atoms with E-state index in [-0.39, 0.29) is 17.5 Å². The molecule has 0 spiro atoms. The molecule has 0 radical (unpaired) electrons. The van der Waals surface area contributed by atoms with Crippen molar-refractivity contribution in [1.29, 1.82) is 0 Å². The van der Waals surface area contributed by atoms with Gasteiger partial charge in [-0.3, -0.25) is 0 Å². The lowest BCUT2D eigenvalue weighted by molar-refractivity contribution is 0.0261. The van der Waals surface area contributed by atoms with Gasteiger partial charge in [0.1, 0.15) is 11.4 Å². The monoisotopic (exact) mass is 323 g/mol. The van der Waals surface area contributed by atoms with Crippen LogP contribution in [0.2, 0.25) is 0 Å². The number of aliphatic hydroxyl groups excluding tert-OH is 1. The van der Waals surface area contributed by atoms with Crippen molar-refractivity contribution >= 4 is 15.9 Å². The number of alkyl halides is 2. The molecule has 1 fully saturated rings. The molecule has 0 amide bonds. The number of benzene rings is 1. The summed E-state index contributed by atoms with van der Waals surface area (Å²) in [6, 6.07) is 2.76. The number of halogens is 4. The number of nitrogens with two attached hydrogens (primary N) is 1. The third-order valence-corrected chi connectivity index (χ3v) is 3.88. The molecule has 2 nitrogen and oxygen atoms in total. The normalized spacial score (nSPS) is 26.2. The first-order valence-electron chi connectivity index (χ1n) is 5.49. The van der Waals surface area contributed by atoms with Crippen molar-refractivity contribution in [3.63, 3.8) is 0 Å². The Morgan fingerprint density at radius 1 is 1.50 bits per heavy atom. The molecule has 3 unspecified atom stereocenters. The predicted molar refractivity (Wildman–Crippen MR) is 64.8 cm³/mol. The molecule has 1 aromatic rings. The van der Waals surface area contributed by atoms with E-state index in [4.69, 9.17) is 5.73 Å². The summed E-state index contributed by atoms with van der Waals surface area (Å²) in [4.78, 5) is 0. The highest BCUT2D eigenvalue weighted by atomic mass is 79.9. The largest absolute Gasteiger partial charge is 0.393 e. The molecule has 0 aromatic heterocycles. The minimum atomic E-state index is -2.94. The van der Waals surface area contributed by atoms with Crippen molar-refractivity contribution < 1.29 is 18.3 Å². The Balaban J connectivity index is 2.56. The summed E-state index contributed by atoms with van der Waals surface area (Å²) in [7, 11) is 0. The van der Waals surface area contributed by atoms with Crippen LogP contribution in [0.3, 0.4) is 0 Å². The zero-order valence-corrected chi connectivity index (χ0v) is 11.2. The van der Waals surface area contributed by atoms with Gasteiger partial charge in [0.05, 0.1) is 6.10 Å². The molecule has 3 N–H and O–H groups in total. The molecule has 3 atom stereocenters. The van der Waals surface area contributed by atoms with Gasteiger partial charge < -0.3 is 10.8 Å². The number of aryl methyl sites for hydroxylation is 1. The fraction of sp³-hybridized carbons (Fsp3) is 0.500. The average molecular weight is 324 g/mol. The van der Waals surface area contributed by atoms with E-state index in [0.29, 0.717) is 4.47 Å². The van der Waals surface area contributed by atoms with E-state index in [9.17, 15) is 18.3 Å². The number of rotatable bonds is 3. The maximum absolute atomic E-state index is 14.0. The van der Waals surface area contributed by atoms with Gasteiger partial charge in [0.2, 0.25) is 0 Å². The van der Waals surface area contributed by atoms with E-state index in [1.54, 1.807) is 0 Å². The van der Waals surface area contributed by atoms with Gasteiger partial charge in [-0.05, 0) is 31.0 Å². The summed E-state index contributed by atoms with van der Waals surface area (Å²) in [6.07, 6.45) is -3.66. The molecule has 1 aliphatic carbocycles. The van der Waals surface area contributed by atoms with Crippen LogP contribution in [0.4, 0.5) is 13.2 Å². The maximum Gasteiger partial charge on any atom is 0.260 e. The predicted octanol–water partition coefficient (Wildman–Crippen LogP) is 2.70. The van der Waals surface area contributed by atoms with Crippen LogP contribution in [0, 0.1) is 18.7 Å². The van der Waals surface area contributed by atoms with Gasteiger partial charge in [-0.1, -0.05) is 15.9 Å². The number of hydrogen-bond donors (Lipinski definition) is 2. The summed E-state index contributed by atoms with van der Waals surface area (Å²) in [5.41, 5.74) is 3.58. The van der Waals surface area contributed by atoms with E-state index in [0.717, 1.165) is 0 Å². The van der Waals surface area contributed by atoms with E-state index in [2.05, 4.69) is 15.9 Å². The lowest BCUT2D eigenvalue weighted by Crippen LogP contribution is -2.48. The van der Waals surface area contributed by atoms with Crippen LogP contribution in [0.25, 0.3) is 0 Å². The van der Waals surface area contributed by atoms with Crippen LogP contribution in [-0.4, -0.2) is 17.6 Å². The van der Waals surface area contributed by atoms with Crippen molar-refractivity contribution in [3.05, 3.63) is 33.5 Å². The SMILES string of the molecule is Cc1cc(Br)cc(C(N)(C(F)F)C2CC2O)c1F. The van der Waals surface area contributed by atoms with E-state index in [1.165, 1.54) is 19.1 Å². The standard InChI is InChI=1S/C12H13BrF3NO/c1-5-2-6(13)3-8(10(5)14)12(17,11(15)16)7-4-9(7)18/h2-3,7,9,11,18H,4,17H2,1H3. The van der Waals surface area contributed by atoms with Gasteiger partial charge in [0.25, 0.3) is 6.43 Å². The van der Waals surface area contributed by atoms with Gasteiger partial charge in [-0.25, -0.2) is 13.2 Å². The maximum atomic E-state index is 14.0. The molecular weight excluding hydrogens is 311 g/mol. The van der Waals surface area contributed by atoms with Crippen LogP contribution in [0.15, 0.2) is 16.6 Å². The van der Waals surface area contributed by atoms with Gasteiger partial charge in [0.15, 0.2) is 0 Å². The highest BCUT2D eigenvalue weighted by molar-refractivity contribution is 9.10. The van der Waals surface area contributed by atoms with Crippen LogP contribution in [0.5, 0.6) is 0 Å². The molecule has 0 bridgehead atoms. The van der Waals surface area contributed by atoms with Gasteiger partial charge in [0, 0.05) is 16.0 Å². The van der Waals surface area contributed by atoms with Crippen LogP contribution in [-0.2, 0) is 5.54 Å². The molecular formula is C12H13BrF3NO. The summed E-state index contributed by atoms with van der Waals surface area (Å²) >= 11 is 3.14. The van der Waals surface area contributed by atoms with Crippen LogP contribution < -0.4 is 5.73 Å². The molecule has 1 saturated carbocycles. The molecule has 0 heterocycles. The van der Waals surface area contributed by atoms with Crippen LogP contribution in [0.1, 0.15) is 17.5 Å². The zero-order valence-electron chi connectivity index (χ0n) is 9.63. The molecule has 100 valence electrons. The summed E-state index contributed by atoms with van der Waals surface area (Å²) < 4.78 is 41.0. The Hall–Kier alpha value is -0.590. The number of aliphatic hydroxyl groups is 1. The Bertz CT molecular complexity index is 483. The molecule has 2 rings (SSSR count). The Morgan fingerprint density at radius 3 is 2.50 bits per heavy atom. The van der Waals surface area contributed by atoms with Crippen molar-refractivity contribution in [2.24, 2.45) is 11.7 Å². The zero-order chi connectivity index (χ0) is 13.7. The molecule has 0 saturated heterocycles. The second kappa shape index (κ2) is 4.51. The third kappa shape index (κ3) is 2.06. The second-order valence-electron chi connectivity index (χ2n) is 4.73. The summed E-state index contributed by atoms with van der Waals surface area (Å²) in [5.74, 6) is -1.54. The van der Waals surface area contributed by atoms with Gasteiger partial charge in [-0.2, -0.15) is 0 Å². The lowest BCUT2D eigenvalue weighted by atomic mass is 9.85. The van der Waals surface area contributed by atoms with Gasteiger partial charge >= 0.3 is 0 Å². The first-order chi connectivity index (χ1) is 8.28. The topological polar surface area (TPSA) is 46.2 Å². The lowest BCUT2D eigenvalue weighted by Gasteiger charge is -2.30. The Morgan fingerprint density at radius 2 is 2.06 bits per heavy atom. The number of hydrogen-bond acceptors (Lipinski definition) is 2. The molecule has 1 aliphatic rings. The Kier molecular flexibility index (Phi) is 3.46. The van der Waals surface area contributed by atoms with Crippen LogP contribution >= 0.6 is 15.9 Å². The molecule has 1 aromatic carbocycles. The molecule has 6 heteroatoms. The quantitative estimate of drug-likeness (QED) is 0.898. The fourth-order valence-electron chi connectivity index (χ4n) is 2.21. The smallest absolute Gasteiger partial charge is 0.260 e. The highest BCUT2D eigenvalue weighted by Gasteiger charge is 2.57. The molecule has 0 aliphatic heterocycles. The first kappa shape index (κ1) is 13.8. The van der Waals surface area contributed by atoms with Crippen molar-refractivity contribution in [1.82, 2.24) is 0 Å². The average Bonchev–Trinajstić information content (AvgIpc) is 3.00. The van der Waals surface area contributed by atoms with Crippen molar-refractivity contribution in [2.45, 2.75) is 31.4 Å². The van der Waals surface area contributed by atoms with E-state index < -0.39 is 29.8 Å². The minimum absolute atomic E-state index is 0.172. The van der Waals surface area contributed by atoms with E-state index in [1.807, 2.05) is 0 Å². The van der Waals surface area contributed by atoms with Crippen molar-refractivity contribution in [3.8, 4) is 0 Å². The third-order valence-electron chi connectivity index (χ3n) is 3.42. The molecule has 18 heavy (non-hydrogen) atoms. The van der Waals surface area contributed by atoms with Crippen molar-refractivity contribution in [2.75, 3.05) is 0 Å².